The molecule has 2 rings (SSSR count). The summed E-state index contributed by atoms with van der Waals surface area (Å²) in [4.78, 5) is 32.3. The fourth-order valence-electron chi connectivity index (χ4n) is 2.03. The predicted molar refractivity (Wildman–Crippen MR) is 95.5 cm³/mol. The Morgan fingerprint density at radius 2 is 1.81 bits per heavy atom. The summed E-state index contributed by atoms with van der Waals surface area (Å²) < 4.78 is 15.3. The lowest BCUT2D eigenvalue weighted by molar-refractivity contribution is -0.152. The average Bonchev–Trinajstić information content (AvgIpc) is 2.64. The highest BCUT2D eigenvalue weighted by Gasteiger charge is 2.44. The number of nitrogens with zero attached hydrogens (tertiary/aromatic N) is 2. The number of carbonyl (C=O) groups excluding carboxylic acids is 1. The summed E-state index contributed by atoms with van der Waals surface area (Å²) in [6.07, 6.45) is 0.605. The van der Waals surface area contributed by atoms with Crippen LogP contribution in [0.4, 0.5) is 5.95 Å². The highest BCUT2D eigenvalue weighted by atomic mass is 35.5. The number of anilines is 1. The lowest BCUT2D eigenvalue weighted by Gasteiger charge is -2.24. The van der Waals surface area contributed by atoms with Crippen molar-refractivity contribution in [3.05, 3.63) is 47.2 Å². The van der Waals surface area contributed by atoms with E-state index in [9.17, 15) is 14.7 Å². The van der Waals surface area contributed by atoms with Gasteiger partial charge in [0.1, 0.15) is 11.4 Å². The van der Waals surface area contributed by atoms with Crippen molar-refractivity contribution in [3.63, 3.8) is 0 Å². The van der Waals surface area contributed by atoms with Gasteiger partial charge in [0.15, 0.2) is 0 Å². The highest BCUT2D eigenvalue weighted by Crippen LogP contribution is 2.21. The number of carbonyl (C=O) groups is 2. The fraction of sp³-hybridized carbons (Fsp3) is 0.294. The van der Waals surface area contributed by atoms with E-state index in [-0.39, 0.29) is 11.7 Å². The normalized spacial score (nSPS) is 13.1. The molecule has 2 N–H and O–H groups in total. The summed E-state index contributed by atoms with van der Waals surface area (Å²) in [5.41, 5.74) is -1.80. The number of nitrogens with one attached hydrogen (secondary N) is 1. The van der Waals surface area contributed by atoms with Crippen LogP contribution in [0.5, 0.6) is 5.75 Å². The number of benzene rings is 1. The minimum absolute atomic E-state index is 0.107. The third kappa shape index (κ3) is 4.91. The third-order valence-electron chi connectivity index (χ3n) is 3.57. The molecule has 1 heterocycles. The number of rotatable bonds is 8. The van der Waals surface area contributed by atoms with Crippen molar-refractivity contribution in [1.82, 2.24) is 9.97 Å². The van der Waals surface area contributed by atoms with Crippen LogP contribution in [0.2, 0.25) is 5.02 Å². The largest absolute Gasteiger partial charge is 0.479 e. The molecule has 0 aliphatic heterocycles. The number of hydrogen-bond acceptors (Lipinski definition) is 8. The molecule has 0 aliphatic carbocycles. The van der Waals surface area contributed by atoms with E-state index in [1.54, 1.807) is 0 Å². The first-order chi connectivity index (χ1) is 12.8. The zero-order valence-corrected chi connectivity index (χ0v) is 15.6. The second-order valence-corrected chi connectivity index (χ2v) is 5.94. The monoisotopic (exact) mass is 395 g/mol. The lowest BCUT2D eigenvalue weighted by atomic mass is 10.0. The van der Waals surface area contributed by atoms with Crippen LogP contribution in [-0.2, 0) is 19.1 Å². The van der Waals surface area contributed by atoms with Crippen molar-refractivity contribution in [3.8, 4) is 5.75 Å². The van der Waals surface area contributed by atoms with Crippen LogP contribution in [0.1, 0.15) is 18.9 Å². The van der Waals surface area contributed by atoms with E-state index in [1.807, 2.05) is 0 Å². The number of aliphatic carboxylic acids is 1. The van der Waals surface area contributed by atoms with Crippen LogP contribution < -0.4 is 10.1 Å². The fourth-order valence-corrected chi connectivity index (χ4v) is 2.16. The van der Waals surface area contributed by atoms with Crippen LogP contribution in [0.3, 0.4) is 0 Å². The van der Waals surface area contributed by atoms with Gasteiger partial charge in [-0.3, -0.25) is 0 Å². The topological polar surface area (TPSA) is 120 Å². The van der Waals surface area contributed by atoms with E-state index >= 15 is 0 Å². The van der Waals surface area contributed by atoms with E-state index < -0.39 is 23.8 Å². The van der Waals surface area contributed by atoms with Gasteiger partial charge >= 0.3 is 11.9 Å². The van der Waals surface area contributed by atoms with Crippen molar-refractivity contribution in [2.24, 2.45) is 0 Å². The van der Waals surface area contributed by atoms with Crippen LogP contribution >= 0.6 is 11.6 Å². The number of carboxylic acid groups (broad SMARTS) is 1. The molecule has 27 heavy (non-hydrogen) atoms. The number of methoxy groups -OCH3 is 2. The SMILES string of the molecule is COC(OC)c1ccnc(NC(C)(C(=O)O)C(=O)Oc2ccc(Cl)cc2)n1. The van der Waals surface area contributed by atoms with E-state index in [0.29, 0.717) is 10.7 Å². The molecule has 0 fully saturated rings. The summed E-state index contributed by atoms with van der Waals surface area (Å²) in [7, 11) is 2.85. The maximum atomic E-state index is 12.5. The molecule has 1 atom stereocenters. The van der Waals surface area contributed by atoms with Crippen LogP contribution in [0, 0.1) is 0 Å². The zero-order valence-electron chi connectivity index (χ0n) is 14.8. The van der Waals surface area contributed by atoms with Crippen molar-refractivity contribution >= 4 is 29.5 Å². The van der Waals surface area contributed by atoms with E-state index in [0.717, 1.165) is 6.92 Å². The molecule has 0 radical (unpaired) electrons. The molecule has 0 bridgehead atoms. The van der Waals surface area contributed by atoms with E-state index in [2.05, 4.69) is 15.3 Å². The van der Waals surface area contributed by atoms with Crippen LogP contribution in [0.15, 0.2) is 36.5 Å². The molecular weight excluding hydrogens is 378 g/mol. The van der Waals surface area contributed by atoms with Gasteiger partial charge in [0, 0.05) is 25.4 Å². The highest BCUT2D eigenvalue weighted by molar-refractivity contribution is 6.30. The van der Waals surface area contributed by atoms with Gasteiger partial charge in [0.25, 0.3) is 0 Å². The number of carboxylic acids is 1. The van der Waals surface area contributed by atoms with Crippen molar-refractivity contribution < 1.29 is 28.9 Å². The third-order valence-corrected chi connectivity index (χ3v) is 3.82. The molecule has 9 nitrogen and oxygen atoms in total. The summed E-state index contributed by atoms with van der Waals surface area (Å²) >= 11 is 5.78. The van der Waals surface area contributed by atoms with Crippen LogP contribution in [0.25, 0.3) is 0 Å². The maximum absolute atomic E-state index is 12.5. The van der Waals surface area contributed by atoms with Gasteiger partial charge in [-0.1, -0.05) is 11.6 Å². The Morgan fingerprint density at radius 1 is 1.19 bits per heavy atom. The predicted octanol–water partition coefficient (Wildman–Crippen LogP) is 2.28. The molecule has 1 unspecified atom stereocenters. The summed E-state index contributed by atoms with van der Waals surface area (Å²) in [6.45, 7) is 1.15. The molecule has 0 amide bonds. The van der Waals surface area contributed by atoms with Gasteiger partial charge in [-0.15, -0.1) is 0 Å². The summed E-state index contributed by atoms with van der Waals surface area (Å²) in [5, 5.41) is 12.5. The van der Waals surface area contributed by atoms with Crippen molar-refractivity contribution in [1.29, 1.82) is 0 Å². The number of ether oxygens (including phenoxy) is 3. The lowest BCUT2D eigenvalue weighted by Crippen LogP contribution is -2.53. The summed E-state index contributed by atoms with van der Waals surface area (Å²) in [5.74, 6) is -2.48. The standard InChI is InChI=1S/C17H18ClN3O6/c1-17(14(22)23,15(24)27-11-6-4-10(18)5-7-11)21-16-19-9-8-12(20-16)13(25-2)26-3/h4-9,13H,1-3H3,(H,22,23)(H,19,20,21). The van der Waals surface area contributed by atoms with Gasteiger partial charge in [0.05, 0.1) is 0 Å². The van der Waals surface area contributed by atoms with Crippen LogP contribution in [-0.4, -0.2) is 46.8 Å². The van der Waals surface area contributed by atoms with E-state index in [4.69, 9.17) is 25.8 Å². The molecule has 10 heteroatoms. The van der Waals surface area contributed by atoms with Crippen molar-refractivity contribution in [2.45, 2.75) is 18.8 Å². The Balaban J connectivity index is 2.25. The number of aromatic nitrogens is 2. The molecular formula is C17H18ClN3O6. The summed E-state index contributed by atoms with van der Waals surface area (Å²) in [6, 6.07) is 7.45. The molecule has 2 aromatic rings. The molecule has 1 aromatic heterocycles. The Morgan fingerprint density at radius 3 is 2.37 bits per heavy atom. The average molecular weight is 396 g/mol. The molecule has 0 saturated heterocycles. The second-order valence-electron chi connectivity index (χ2n) is 5.51. The van der Waals surface area contributed by atoms with Gasteiger partial charge < -0.3 is 24.6 Å². The van der Waals surface area contributed by atoms with Gasteiger partial charge in [-0.25, -0.2) is 19.6 Å². The molecule has 0 spiro atoms. The van der Waals surface area contributed by atoms with Crippen molar-refractivity contribution in [2.75, 3.05) is 19.5 Å². The Bertz CT molecular complexity index is 813. The smallest absolute Gasteiger partial charge is 0.348 e. The first kappa shape index (κ1) is 20.6. The number of esters is 1. The van der Waals surface area contributed by atoms with Gasteiger partial charge in [0.2, 0.25) is 17.8 Å². The van der Waals surface area contributed by atoms with Gasteiger partial charge in [-0.05, 0) is 37.3 Å². The molecule has 0 aliphatic rings. The number of hydrogen-bond donors (Lipinski definition) is 2. The Kier molecular flexibility index (Phi) is 6.67. The second kappa shape index (κ2) is 8.76. The minimum atomic E-state index is -2.14. The zero-order chi connectivity index (χ0) is 20.0. The first-order valence-electron chi connectivity index (χ1n) is 7.68. The number of halogens is 1. The molecule has 0 saturated carbocycles. The Hall–Kier alpha value is -2.75. The maximum Gasteiger partial charge on any atom is 0.348 e. The first-order valence-corrected chi connectivity index (χ1v) is 8.06. The Labute approximate surface area is 160 Å². The van der Waals surface area contributed by atoms with E-state index in [1.165, 1.54) is 50.7 Å². The van der Waals surface area contributed by atoms with Gasteiger partial charge in [-0.2, -0.15) is 0 Å². The molecule has 1 aromatic carbocycles. The molecule has 144 valence electrons. The quantitative estimate of drug-likeness (QED) is 0.300. The minimum Gasteiger partial charge on any atom is -0.479 e.